The van der Waals surface area contributed by atoms with Gasteiger partial charge in [0.2, 0.25) is 0 Å². The van der Waals surface area contributed by atoms with Gasteiger partial charge in [-0.3, -0.25) is 9.48 Å². The Morgan fingerprint density at radius 1 is 1.28 bits per heavy atom. The smallest absolute Gasteiger partial charge is 0.330 e. The third kappa shape index (κ3) is 4.02. The van der Waals surface area contributed by atoms with Crippen LogP contribution in [-0.2, 0) is 9.53 Å². The molecule has 0 atom stereocenters. The van der Waals surface area contributed by atoms with Gasteiger partial charge < -0.3 is 10.1 Å². The average Bonchev–Trinajstić information content (AvgIpc) is 3.45. The van der Waals surface area contributed by atoms with Gasteiger partial charge in [-0.1, -0.05) is 12.1 Å². The molecule has 0 aliphatic heterocycles. The topological polar surface area (TPSA) is 97.0 Å². The molecule has 7 heteroatoms. The molecule has 1 fully saturated rings. The van der Waals surface area contributed by atoms with Crippen LogP contribution in [-0.4, -0.2) is 34.3 Å². The van der Waals surface area contributed by atoms with E-state index < -0.39 is 11.5 Å². The van der Waals surface area contributed by atoms with Crippen molar-refractivity contribution in [3.8, 4) is 17.3 Å². The van der Waals surface area contributed by atoms with E-state index in [1.807, 2.05) is 26.0 Å². The minimum Gasteiger partial charge on any atom is -0.467 e. The maximum absolute atomic E-state index is 13.3. The van der Waals surface area contributed by atoms with Crippen LogP contribution in [0.5, 0.6) is 0 Å². The van der Waals surface area contributed by atoms with Crippen molar-refractivity contribution in [1.82, 2.24) is 15.1 Å². The molecular weight excluding hydrogens is 368 g/mol. The van der Waals surface area contributed by atoms with Gasteiger partial charge in [-0.05, 0) is 58.6 Å². The molecule has 1 N–H and O–H groups in total. The highest BCUT2D eigenvalue weighted by atomic mass is 16.5. The SMILES string of the molecule is COC(=O)C(C)(C)NC(=O)c1c(C2CC2)c(-c2ccc(C#N)cc2)nn1C(C)C. The van der Waals surface area contributed by atoms with Gasteiger partial charge >= 0.3 is 5.97 Å². The second-order valence-electron chi connectivity index (χ2n) is 8.18. The van der Waals surface area contributed by atoms with Crippen molar-refractivity contribution in [2.24, 2.45) is 0 Å². The third-order valence-corrected chi connectivity index (χ3v) is 5.05. The Balaban J connectivity index is 2.10. The fourth-order valence-electron chi connectivity index (χ4n) is 3.37. The summed E-state index contributed by atoms with van der Waals surface area (Å²) in [7, 11) is 1.30. The maximum atomic E-state index is 13.3. The maximum Gasteiger partial charge on any atom is 0.330 e. The molecule has 2 aromatic rings. The van der Waals surface area contributed by atoms with E-state index in [2.05, 4.69) is 11.4 Å². The lowest BCUT2D eigenvalue weighted by Gasteiger charge is -2.24. The lowest BCUT2D eigenvalue weighted by Crippen LogP contribution is -2.51. The summed E-state index contributed by atoms with van der Waals surface area (Å²) >= 11 is 0. The number of nitrogens with one attached hydrogen (secondary N) is 1. The molecule has 0 radical (unpaired) electrons. The molecule has 0 unspecified atom stereocenters. The van der Waals surface area contributed by atoms with Crippen molar-refractivity contribution in [2.75, 3.05) is 7.11 Å². The zero-order valence-electron chi connectivity index (χ0n) is 17.4. The number of carbonyl (C=O) groups is 2. The fourth-order valence-corrected chi connectivity index (χ4v) is 3.37. The van der Waals surface area contributed by atoms with E-state index in [1.54, 1.807) is 30.7 Å². The number of amides is 1. The molecule has 1 heterocycles. The number of hydrogen-bond acceptors (Lipinski definition) is 5. The summed E-state index contributed by atoms with van der Waals surface area (Å²) in [5.74, 6) is -0.597. The Bertz CT molecular complexity index is 977. The van der Waals surface area contributed by atoms with Crippen molar-refractivity contribution in [2.45, 2.75) is 58.0 Å². The normalized spacial score (nSPS) is 13.8. The molecule has 3 rings (SSSR count). The van der Waals surface area contributed by atoms with E-state index in [0.717, 1.165) is 29.7 Å². The molecule has 1 aromatic carbocycles. The molecule has 29 heavy (non-hydrogen) atoms. The molecule has 0 bridgehead atoms. The number of hydrogen-bond donors (Lipinski definition) is 1. The van der Waals surface area contributed by atoms with Gasteiger partial charge in [0.15, 0.2) is 0 Å². The summed E-state index contributed by atoms with van der Waals surface area (Å²) in [6, 6.07) is 9.29. The number of benzene rings is 1. The minimum atomic E-state index is -1.16. The summed E-state index contributed by atoms with van der Waals surface area (Å²) < 4.78 is 6.54. The molecule has 1 amide bonds. The highest BCUT2D eigenvalue weighted by Crippen LogP contribution is 2.46. The van der Waals surface area contributed by atoms with Crippen LogP contribution in [0.25, 0.3) is 11.3 Å². The van der Waals surface area contributed by atoms with Crippen LogP contribution in [0, 0.1) is 11.3 Å². The Kier molecular flexibility index (Phi) is 5.47. The lowest BCUT2D eigenvalue weighted by molar-refractivity contribution is -0.146. The van der Waals surface area contributed by atoms with Crippen LogP contribution in [0.4, 0.5) is 0 Å². The molecule has 1 aromatic heterocycles. The summed E-state index contributed by atoms with van der Waals surface area (Å²) in [6.45, 7) is 7.17. The largest absolute Gasteiger partial charge is 0.467 e. The van der Waals surface area contributed by atoms with Crippen LogP contribution in [0.1, 0.15) is 74.1 Å². The Hall–Kier alpha value is -3.14. The molecule has 0 saturated heterocycles. The standard InChI is InChI=1S/C22H26N4O3/c1-13(2)26-19(20(27)24-22(3,4)21(28)29-5)17(15-10-11-15)18(25-26)16-8-6-14(12-23)7-9-16/h6-9,13,15H,10-11H2,1-5H3,(H,24,27). The van der Waals surface area contributed by atoms with Gasteiger partial charge in [0.1, 0.15) is 11.2 Å². The van der Waals surface area contributed by atoms with E-state index >= 15 is 0 Å². The van der Waals surface area contributed by atoms with E-state index in [9.17, 15) is 9.59 Å². The highest BCUT2D eigenvalue weighted by molar-refractivity contribution is 5.99. The average molecular weight is 394 g/mol. The molecule has 152 valence electrons. The highest BCUT2D eigenvalue weighted by Gasteiger charge is 2.38. The molecule has 1 aliphatic rings. The molecule has 7 nitrogen and oxygen atoms in total. The van der Waals surface area contributed by atoms with E-state index in [0.29, 0.717) is 11.3 Å². The van der Waals surface area contributed by atoms with E-state index in [4.69, 9.17) is 15.1 Å². The first kappa shape index (κ1) is 20.6. The number of ether oxygens (including phenoxy) is 1. The van der Waals surface area contributed by atoms with Crippen molar-refractivity contribution in [1.29, 1.82) is 5.26 Å². The van der Waals surface area contributed by atoms with Crippen LogP contribution in [0.2, 0.25) is 0 Å². The Labute approximate surface area is 170 Å². The van der Waals surface area contributed by atoms with E-state index in [-0.39, 0.29) is 17.9 Å². The quantitative estimate of drug-likeness (QED) is 0.756. The van der Waals surface area contributed by atoms with Crippen molar-refractivity contribution >= 4 is 11.9 Å². The fraction of sp³-hybridized carbons (Fsp3) is 0.455. The van der Waals surface area contributed by atoms with Crippen molar-refractivity contribution < 1.29 is 14.3 Å². The zero-order valence-corrected chi connectivity index (χ0v) is 17.4. The number of nitriles is 1. The van der Waals surface area contributed by atoms with E-state index in [1.165, 1.54) is 7.11 Å². The number of rotatable bonds is 6. The van der Waals surface area contributed by atoms with Gasteiger partial charge in [-0.25, -0.2) is 4.79 Å². The van der Waals surface area contributed by atoms with Crippen LogP contribution in [0.3, 0.4) is 0 Å². The van der Waals surface area contributed by atoms with Gasteiger partial charge in [0, 0.05) is 17.2 Å². The molecule has 1 saturated carbocycles. The summed E-state index contributed by atoms with van der Waals surface area (Å²) in [5, 5.41) is 16.6. The van der Waals surface area contributed by atoms with Gasteiger partial charge in [0.25, 0.3) is 5.91 Å². The number of carbonyl (C=O) groups excluding carboxylic acids is 2. The first-order chi connectivity index (χ1) is 13.7. The second-order valence-corrected chi connectivity index (χ2v) is 8.18. The second kappa shape index (κ2) is 7.70. The first-order valence-electron chi connectivity index (χ1n) is 9.73. The Morgan fingerprint density at radius 3 is 2.38 bits per heavy atom. The summed E-state index contributed by atoms with van der Waals surface area (Å²) in [6.07, 6.45) is 1.99. The molecule has 1 aliphatic carbocycles. The van der Waals surface area contributed by atoms with Crippen LogP contribution < -0.4 is 5.32 Å². The lowest BCUT2D eigenvalue weighted by atomic mass is 9.99. The summed E-state index contributed by atoms with van der Waals surface area (Å²) in [4.78, 5) is 25.3. The van der Waals surface area contributed by atoms with Gasteiger partial charge in [-0.15, -0.1) is 0 Å². The summed E-state index contributed by atoms with van der Waals surface area (Å²) in [5.41, 5.74) is 2.43. The van der Waals surface area contributed by atoms with Crippen LogP contribution in [0.15, 0.2) is 24.3 Å². The Morgan fingerprint density at radius 2 is 1.90 bits per heavy atom. The van der Waals surface area contributed by atoms with Crippen LogP contribution >= 0.6 is 0 Å². The third-order valence-electron chi connectivity index (χ3n) is 5.05. The number of esters is 1. The first-order valence-corrected chi connectivity index (χ1v) is 9.73. The predicted molar refractivity (Wildman–Crippen MR) is 108 cm³/mol. The van der Waals surface area contributed by atoms with Gasteiger partial charge in [0.05, 0.1) is 24.4 Å². The van der Waals surface area contributed by atoms with Gasteiger partial charge in [-0.2, -0.15) is 10.4 Å². The number of nitrogens with zero attached hydrogens (tertiary/aromatic N) is 3. The molecular formula is C22H26N4O3. The predicted octanol–water partition coefficient (Wildman–Crippen LogP) is 3.56. The monoisotopic (exact) mass is 394 g/mol. The van der Waals surface area contributed by atoms with Crippen molar-refractivity contribution in [3.05, 3.63) is 41.1 Å². The molecule has 0 spiro atoms. The number of methoxy groups -OCH3 is 1. The van der Waals surface area contributed by atoms with Crippen molar-refractivity contribution in [3.63, 3.8) is 0 Å². The number of aromatic nitrogens is 2. The zero-order chi connectivity index (χ0) is 21.3. The minimum absolute atomic E-state index is 0.0402.